The van der Waals surface area contributed by atoms with E-state index in [-0.39, 0.29) is 5.91 Å². The average Bonchev–Trinajstić information content (AvgIpc) is 2.70. The van der Waals surface area contributed by atoms with Crippen molar-refractivity contribution in [3.8, 4) is 12.3 Å². The standard InChI is InChI=1S/C12H20N2O/c1-2-3-4-5-8-14-12(15)10-11-7-6-9-13-11/h1,11,13H,3-10H2,(H,14,15). The number of carbonyl (C=O) groups excluding carboxylic acids is 1. The predicted octanol–water partition coefficient (Wildman–Crippen LogP) is 1.05. The third kappa shape index (κ3) is 5.44. The van der Waals surface area contributed by atoms with Crippen LogP contribution in [0.15, 0.2) is 0 Å². The maximum atomic E-state index is 11.4. The van der Waals surface area contributed by atoms with Gasteiger partial charge in [0.05, 0.1) is 0 Å². The number of hydrogen-bond donors (Lipinski definition) is 2. The monoisotopic (exact) mass is 208 g/mol. The molecule has 84 valence electrons. The van der Waals surface area contributed by atoms with E-state index in [2.05, 4.69) is 16.6 Å². The minimum atomic E-state index is 0.162. The minimum absolute atomic E-state index is 0.162. The third-order valence-electron chi connectivity index (χ3n) is 2.66. The van der Waals surface area contributed by atoms with Gasteiger partial charge in [-0.05, 0) is 32.2 Å². The summed E-state index contributed by atoms with van der Waals surface area (Å²) < 4.78 is 0. The number of rotatable bonds is 6. The summed E-state index contributed by atoms with van der Waals surface area (Å²) in [7, 11) is 0. The molecule has 1 rings (SSSR count). The Bertz CT molecular complexity index is 226. The molecule has 0 saturated carbocycles. The molecule has 0 radical (unpaired) electrons. The van der Waals surface area contributed by atoms with Crippen LogP contribution in [0, 0.1) is 12.3 Å². The second kappa shape index (κ2) is 7.30. The first-order chi connectivity index (χ1) is 7.33. The summed E-state index contributed by atoms with van der Waals surface area (Å²) in [6.45, 7) is 1.81. The van der Waals surface area contributed by atoms with E-state index in [4.69, 9.17) is 6.42 Å². The molecule has 0 aromatic heterocycles. The molecule has 1 unspecified atom stereocenters. The van der Waals surface area contributed by atoms with Crippen molar-refractivity contribution in [1.29, 1.82) is 0 Å². The van der Waals surface area contributed by atoms with Crippen molar-refractivity contribution < 1.29 is 4.79 Å². The Kier molecular flexibility index (Phi) is 5.87. The largest absolute Gasteiger partial charge is 0.356 e. The highest BCUT2D eigenvalue weighted by molar-refractivity contribution is 5.76. The average molecular weight is 208 g/mol. The number of terminal acetylenes is 1. The second-order valence-corrected chi connectivity index (χ2v) is 4.01. The molecule has 2 N–H and O–H groups in total. The lowest BCUT2D eigenvalue weighted by Crippen LogP contribution is -2.32. The first-order valence-electron chi connectivity index (χ1n) is 5.76. The van der Waals surface area contributed by atoms with Crippen LogP contribution >= 0.6 is 0 Å². The van der Waals surface area contributed by atoms with E-state index in [9.17, 15) is 4.79 Å². The van der Waals surface area contributed by atoms with E-state index >= 15 is 0 Å². The summed E-state index contributed by atoms with van der Waals surface area (Å²) in [5.41, 5.74) is 0. The first kappa shape index (κ1) is 12.1. The lowest BCUT2D eigenvalue weighted by molar-refractivity contribution is -0.121. The van der Waals surface area contributed by atoms with Gasteiger partial charge in [0.2, 0.25) is 5.91 Å². The molecule has 1 fully saturated rings. The Morgan fingerprint density at radius 3 is 3.07 bits per heavy atom. The molecule has 1 aliphatic heterocycles. The predicted molar refractivity (Wildman–Crippen MR) is 61.3 cm³/mol. The molecule has 0 aromatic carbocycles. The van der Waals surface area contributed by atoms with Crippen molar-refractivity contribution in [2.24, 2.45) is 0 Å². The Hall–Kier alpha value is -1.01. The molecule has 0 spiro atoms. The summed E-state index contributed by atoms with van der Waals surface area (Å²) in [5, 5.41) is 6.23. The van der Waals surface area contributed by atoms with E-state index in [1.54, 1.807) is 0 Å². The van der Waals surface area contributed by atoms with Crippen molar-refractivity contribution in [2.75, 3.05) is 13.1 Å². The summed E-state index contributed by atoms with van der Waals surface area (Å²) in [5.74, 6) is 2.75. The van der Waals surface area contributed by atoms with Crippen LogP contribution in [-0.4, -0.2) is 25.0 Å². The molecule has 3 nitrogen and oxygen atoms in total. The first-order valence-corrected chi connectivity index (χ1v) is 5.76. The molecule has 3 heteroatoms. The number of hydrogen-bond acceptors (Lipinski definition) is 2. The number of amides is 1. The second-order valence-electron chi connectivity index (χ2n) is 4.01. The van der Waals surface area contributed by atoms with Gasteiger partial charge in [0.15, 0.2) is 0 Å². The summed E-state index contributed by atoms with van der Waals surface area (Å²) in [6.07, 6.45) is 10.9. The van der Waals surface area contributed by atoms with Gasteiger partial charge in [0, 0.05) is 25.4 Å². The molecular weight excluding hydrogens is 188 g/mol. The zero-order chi connectivity index (χ0) is 10.9. The fourth-order valence-electron chi connectivity index (χ4n) is 1.81. The molecule has 0 aliphatic carbocycles. The maximum absolute atomic E-state index is 11.4. The van der Waals surface area contributed by atoms with Gasteiger partial charge in [-0.15, -0.1) is 12.3 Å². The van der Waals surface area contributed by atoms with Crippen LogP contribution < -0.4 is 10.6 Å². The van der Waals surface area contributed by atoms with E-state index in [1.165, 1.54) is 6.42 Å². The fraction of sp³-hybridized carbons (Fsp3) is 0.750. The normalized spacial score (nSPS) is 19.8. The summed E-state index contributed by atoms with van der Waals surface area (Å²) in [6, 6.07) is 0.399. The molecule has 1 heterocycles. The minimum Gasteiger partial charge on any atom is -0.356 e. The van der Waals surface area contributed by atoms with Crippen LogP contribution in [0.3, 0.4) is 0 Å². The van der Waals surface area contributed by atoms with Gasteiger partial charge in [-0.3, -0.25) is 4.79 Å². The van der Waals surface area contributed by atoms with Crippen LogP contribution in [0.5, 0.6) is 0 Å². The third-order valence-corrected chi connectivity index (χ3v) is 2.66. The van der Waals surface area contributed by atoms with E-state index in [1.807, 2.05) is 0 Å². The van der Waals surface area contributed by atoms with Crippen LogP contribution in [-0.2, 0) is 4.79 Å². The Morgan fingerprint density at radius 1 is 1.53 bits per heavy atom. The van der Waals surface area contributed by atoms with Crippen molar-refractivity contribution in [2.45, 2.75) is 44.6 Å². The Labute approximate surface area is 92.0 Å². The fourth-order valence-corrected chi connectivity index (χ4v) is 1.81. The topological polar surface area (TPSA) is 41.1 Å². The lowest BCUT2D eigenvalue weighted by atomic mass is 10.1. The van der Waals surface area contributed by atoms with Gasteiger partial charge in [0.1, 0.15) is 0 Å². The summed E-state index contributed by atoms with van der Waals surface area (Å²) in [4.78, 5) is 11.4. The van der Waals surface area contributed by atoms with Crippen LogP contribution in [0.1, 0.15) is 38.5 Å². The van der Waals surface area contributed by atoms with Gasteiger partial charge in [-0.25, -0.2) is 0 Å². The van der Waals surface area contributed by atoms with Gasteiger partial charge in [-0.2, -0.15) is 0 Å². The molecule has 1 aliphatic rings. The van der Waals surface area contributed by atoms with Crippen LogP contribution in [0.4, 0.5) is 0 Å². The molecule has 0 aromatic rings. The highest BCUT2D eigenvalue weighted by atomic mass is 16.1. The molecular formula is C12H20N2O. The maximum Gasteiger partial charge on any atom is 0.221 e. The Balaban J connectivity index is 1.96. The zero-order valence-corrected chi connectivity index (χ0v) is 9.22. The zero-order valence-electron chi connectivity index (χ0n) is 9.22. The smallest absolute Gasteiger partial charge is 0.221 e. The lowest BCUT2D eigenvalue weighted by Gasteiger charge is -2.09. The number of nitrogens with one attached hydrogen (secondary N) is 2. The summed E-state index contributed by atoms with van der Waals surface area (Å²) >= 11 is 0. The van der Waals surface area contributed by atoms with Gasteiger partial charge in [-0.1, -0.05) is 0 Å². The van der Waals surface area contributed by atoms with E-state index < -0.39 is 0 Å². The molecule has 1 saturated heterocycles. The van der Waals surface area contributed by atoms with Crippen LogP contribution in [0.2, 0.25) is 0 Å². The van der Waals surface area contributed by atoms with Gasteiger partial charge >= 0.3 is 0 Å². The van der Waals surface area contributed by atoms with Gasteiger partial charge < -0.3 is 10.6 Å². The van der Waals surface area contributed by atoms with Crippen molar-refractivity contribution in [1.82, 2.24) is 10.6 Å². The molecule has 15 heavy (non-hydrogen) atoms. The van der Waals surface area contributed by atoms with Gasteiger partial charge in [0.25, 0.3) is 0 Å². The quantitative estimate of drug-likeness (QED) is 0.506. The Morgan fingerprint density at radius 2 is 2.40 bits per heavy atom. The van der Waals surface area contributed by atoms with Crippen molar-refractivity contribution >= 4 is 5.91 Å². The SMILES string of the molecule is C#CCCCCNC(=O)CC1CCCN1. The van der Waals surface area contributed by atoms with Crippen molar-refractivity contribution in [3.63, 3.8) is 0 Å². The number of unbranched alkanes of at least 4 members (excludes halogenated alkanes) is 2. The highest BCUT2D eigenvalue weighted by Gasteiger charge is 2.16. The molecule has 0 bridgehead atoms. The van der Waals surface area contributed by atoms with E-state index in [0.717, 1.165) is 38.8 Å². The van der Waals surface area contributed by atoms with Crippen LogP contribution in [0.25, 0.3) is 0 Å². The van der Waals surface area contributed by atoms with E-state index in [0.29, 0.717) is 12.5 Å². The molecule has 1 atom stereocenters. The number of carbonyl (C=O) groups is 1. The highest BCUT2D eigenvalue weighted by Crippen LogP contribution is 2.08. The van der Waals surface area contributed by atoms with Crippen molar-refractivity contribution in [3.05, 3.63) is 0 Å². The molecule has 1 amide bonds.